The average Bonchev–Trinajstić information content (AvgIpc) is 2.32. The molecule has 0 bridgehead atoms. The molecule has 1 amide bonds. The van der Waals surface area contributed by atoms with Crippen molar-refractivity contribution in [1.29, 1.82) is 0 Å². The standard InChI is InChI=1S/C13H16BrCl2NO/c1-3-13(2,7-8-15)17-12(18)9-5-4-6-10(14)11(9)16/h4-6H,3,7-8H2,1-2H3,(H,17,18). The van der Waals surface area contributed by atoms with Crippen LogP contribution in [0.5, 0.6) is 0 Å². The van der Waals surface area contributed by atoms with Crippen LogP contribution in [0.4, 0.5) is 0 Å². The van der Waals surface area contributed by atoms with Gasteiger partial charge < -0.3 is 5.32 Å². The van der Waals surface area contributed by atoms with Gasteiger partial charge in [0, 0.05) is 15.9 Å². The first-order chi connectivity index (χ1) is 8.43. The summed E-state index contributed by atoms with van der Waals surface area (Å²) in [5.41, 5.74) is 0.171. The first-order valence-corrected chi connectivity index (χ1v) is 7.46. The van der Waals surface area contributed by atoms with E-state index in [9.17, 15) is 4.79 Å². The molecule has 0 saturated carbocycles. The normalized spacial score (nSPS) is 14.1. The second kappa shape index (κ2) is 6.78. The highest BCUT2D eigenvalue weighted by Gasteiger charge is 2.25. The van der Waals surface area contributed by atoms with Crippen molar-refractivity contribution < 1.29 is 4.79 Å². The van der Waals surface area contributed by atoms with E-state index in [2.05, 4.69) is 21.2 Å². The first kappa shape index (κ1) is 15.8. The minimum absolute atomic E-state index is 0.171. The maximum atomic E-state index is 12.2. The van der Waals surface area contributed by atoms with Crippen LogP contribution in [-0.4, -0.2) is 17.3 Å². The highest BCUT2D eigenvalue weighted by molar-refractivity contribution is 9.10. The second-order valence-electron chi connectivity index (χ2n) is 4.41. The number of hydrogen-bond donors (Lipinski definition) is 1. The van der Waals surface area contributed by atoms with Gasteiger partial charge in [0.15, 0.2) is 0 Å². The van der Waals surface area contributed by atoms with Gasteiger partial charge >= 0.3 is 0 Å². The highest BCUT2D eigenvalue weighted by atomic mass is 79.9. The molecule has 100 valence electrons. The number of halogens is 3. The molecule has 0 spiro atoms. The summed E-state index contributed by atoms with van der Waals surface area (Å²) < 4.78 is 0.715. The van der Waals surface area contributed by atoms with Gasteiger partial charge in [0.2, 0.25) is 0 Å². The Hall–Kier alpha value is -0.250. The monoisotopic (exact) mass is 351 g/mol. The summed E-state index contributed by atoms with van der Waals surface area (Å²) >= 11 is 15.2. The van der Waals surface area contributed by atoms with Gasteiger partial charge in [-0.15, -0.1) is 11.6 Å². The zero-order chi connectivity index (χ0) is 13.8. The summed E-state index contributed by atoms with van der Waals surface area (Å²) in [6.45, 7) is 4.01. The summed E-state index contributed by atoms with van der Waals surface area (Å²) in [6.07, 6.45) is 1.54. The molecule has 1 rings (SSSR count). The Kier molecular flexibility index (Phi) is 5.96. The van der Waals surface area contributed by atoms with Gasteiger partial charge in [-0.25, -0.2) is 0 Å². The second-order valence-corrected chi connectivity index (χ2v) is 6.02. The molecule has 0 heterocycles. The van der Waals surface area contributed by atoms with Gasteiger partial charge in [0.1, 0.15) is 0 Å². The Morgan fingerprint density at radius 3 is 2.72 bits per heavy atom. The molecule has 0 aliphatic rings. The molecule has 0 fully saturated rings. The van der Waals surface area contributed by atoms with Gasteiger partial charge in [-0.05, 0) is 47.8 Å². The molecular formula is C13H16BrCl2NO. The maximum Gasteiger partial charge on any atom is 0.253 e. The average molecular weight is 353 g/mol. The lowest BCUT2D eigenvalue weighted by atomic mass is 9.95. The number of hydrogen-bond acceptors (Lipinski definition) is 1. The number of alkyl halides is 1. The van der Waals surface area contributed by atoms with Crippen molar-refractivity contribution in [3.05, 3.63) is 33.3 Å². The fraction of sp³-hybridized carbons (Fsp3) is 0.462. The molecule has 1 unspecified atom stereocenters. The van der Waals surface area contributed by atoms with Crippen molar-refractivity contribution in [2.75, 3.05) is 5.88 Å². The van der Waals surface area contributed by atoms with Crippen molar-refractivity contribution in [2.45, 2.75) is 32.2 Å². The molecule has 1 aromatic carbocycles. The molecule has 0 aromatic heterocycles. The number of benzene rings is 1. The van der Waals surface area contributed by atoms with E-state index in [1.807, 2.05) is 13.8 Å². The molecule has 1 aromatic rings. The Morgan fingerprint density at radius 2 is 2.17 bits per heavy atom. The fourth-order valence-corrected chi connectivity index (χ4v) is 2.55. The fourth-order valence-electron chi connectivity index (χ4n) is 1.56. The predicted molar refractivity (Wildman–Crippen MR) is 80.7 cm³/mol. The lowest BCUT2D eigenvalue weighted by Gasteiger charge is -2.29. The van der Waals surface area contributed by atoms with Crippen molar-refractivity contribution >= 4 is 45.0 Å². The van der Waals surface area contributed by atoms with Crippen LogP contribution in [0, 0.1) is 0 Å². The smallest absolute Gasteiger partial charge is 0.253 e. The topological polar surface area (TPSA) is 29.1 Å². The molecule has 0 radical (unpaired) electrons. The summed E-state index contributed by atoms with van der Waals surface area (Å²) in [5, 5.41) is 3.43. The Morgan fingerprint density at radius 1 is 1.50 bits per heavy atom. The van der Waals surface area contributed by atoms with Crippen molar-refractivity contribution in [3.8, 4) is 0 Å². The first-order valence-electron chi connectivity index (χ1n) is 5.76. The van der Waals surface area contributed by atoms with E-state index in [0.717, 1.165) is 12.8 Å². The number of nitrogens with one attached hydrogen (secondary N) is 1. The lowest BCUT2D eigenvalue weighted by Crippen LogP contribution is -2.45. The minimum Gasteiger partial charge on any atom is -0.347 e. The van der Waals surface area contributed by atoms with Crippen molar-refractivity contribution in [1.82, 2.24) is 5.32 Å². The van der Waals surface area contributed by atoms with E-state index in [1.165, 1.54) is 0 Å². The van der Waals surface area contributed by atoms with Gasteiger partial charge in [-0.2, -0.15) is 0 Å². The van der Waals surface area contributed by atoms with Crippen LogP contribution < -0.4 is 5.32 Å². The number of rotatable bonds is 5. The quantitative estimate of drug-likeness (QED) is 0.769. The van der Waals surface area contributed by atoms with E-state index < -0.39 is 0 Å². The lowest BCUT2D eigenvalue weighted by molar-refractivity contribution is 0.0901. The molecule has 0 saturated heterocycles. The van der Waals surface area contributed by atoms with Crippen molar-refractivity contribution in [3.63, 3.8) is 0 Å². The van der Waals surface area contributed by atoms with Crippen LogP contribution in [0.15, 0.2) is 22.7 Å². The van der Waals surface area contributed by atoms with Crippen LogP contribution >= 0.6 is 39.1 Å². The van der Waals surface area contributed by atoms with Crippen LogP contribution in [-0.2, 0) is 0 Å². The zero-order valence-corrected chi connectivity index (χ0v) is 13.5. The Labute approximate surface area is 126 Å². The van der Waals surface area contributed by atoms with Crippen molar-refractivity contribution in [2.24, 2.45) is 0 Å². The van der Waals surface area contributed by atoms with Gasteiger partial charge in [-0.1, -0.05) is 24.6 Å². The third-order valence-electron chi connectivity index (χ3n) is 3.04. The Balaban J connectivity index is 2.91. The number of carbonyl (C=O) groups excluding carboxylic acids is 1. The van der Waals surface area contributed by atoms with E-state index in [-0.39, 0.29) is 11.4 Å². The maximum absolute atomic E-state index is 12.2. The van der Waals surface area contributed by atoms with Crippen LogP contribution in [0.25, 0.3) is 0 Å². The van der Waals surface area contributed by atoms with Gasteiger partial charge in [0.25, 0.3) is 5.91 Å². The van der Waals surface area contributed by atoms with Crippen LogP contribution in [0.3, 0.4) is 0 Å². The molecular weight excluding hydrogens is 337 g/mol. The van der Waals surface area contributed by atoms with E-state index in [4.69, 9.17) is 23.2 Å². The summed E-state index contributed by atoms with van der Waals surface area (Å²) in [7, 11) is 0. The molecule has 2 nitrogen and oxygen atoms in total. The zero-order valence-electron chi connectivity index (χ0n) is 10.4. The van der Waals surface area contributed by atoms with Crippen LogP contribution in [0.1, 0.15) is 37.0 Å². The largest absolute Gasteiger partial charge is 0.347 e. The number of carbonyl (C=O) groups is 1. The third-order valence-corrected chi connectivity index (χ3v) is 4.52. The van der Waals surface area contributed by atoms with Gasteiger partial charge in [-0.3, -0.25) is 4.79 Å². The van der Waals surface area contributed by atoms with Crippen LogP contribution in [0.2, 0.25) is 5.02 Å². The summed E-state index contributed by atoms with van der Waals surface area (Å²) in [5.74, 6) is 0.340. The molecule has 1 N–H and O–H groups in total. The summed E-state index contributed by atoms with van der Waals surface area (Å²) in [6, 6.07) is 5.30. The molecule has 0 aliphatic heterocycles. The number of amides is 1. The predicted octanol–water partition coefficient (Wildman–Crippen LogP) is 4.63. The van der Waals surface area contributed by atoms with E-state index in [1.54, 1.807) is 18.2 Å². The van der Waals surface area contributed by atoms with E-state index >= 15 is 0 Å². The minimum atomic E-state index is -0.301. The molecule has 0 aliphatic carbocycles. The van der Waals surface area contributed by atoms with Gasteiger partial charge in [0.05, 0.1) is 10.6 Å². The highest BCUT2D eigenvalue weighted by Crippen LogP contribution is 2.26. The Bertz CT molecular complexity index is 439. The summed E-state index contributed by atoms with van der Waals surface area (Å²) in [4.78, 5) is 12.2. The third kappa shape index (κ3) is 3.87. The molecule has 5 heteroatoms. The molecule has 18 heavy (non-hydrogen) atoms. The SMILES string of the molecule is CCC(C)(CCCl)NC(=O)c1cccc(Br)c1Cl. The van der Waals surface area contributed by atoms with E-state index in [0.29, 0.717) is 20.9 Å². The molecule has 1 atom stereocenters.